The van der Waals surface area contributed by atoms with Crippen LogP contribution in [0.25, 0.3) is 0 Å². The summed E-state index contributed by atoms with van der Waals surface area (Å²) in [6, 6.07) is 4.18. The Morgan fingerprint density at radius 3 is 2.80 bits per heavy atom. The highest BCUT2D eigenvalue weighted by atomic mass is 16.3. The number of benzene rings is 1. The summed E-state index contributed by atoms with van der Waals surface area (Å²) < 4.78 is 0. The van der Waals surface area contributed by atoms with Crippen molar-refractivity contribution in [1.82, 2.24) is 0 Å². The molecule has 0 bridgehead atoms. The first-order valence-corrected chi connectivity index (χ1v) is 5.85. The molecule has 0 spiro atoms. The van der Waals surface area contributed by atoms with E-state index in [0.717, 1.165) is 36.9 Å². The standard InChI is InChI=1S/C13H17NO/c14-12-10-3-1-2-8(10)6-7-11(12)13(15)9-4-5-9/h6-7,9,13,15H,1-5,14H2. The molecule has 3 N–H and O–H groups in total. The highest BCUT2D eigenvalue weighted by Crippen LogP contribution is 2.44. The Morgan fingerprint density at radius 1 is 1.27 bits per heavy atom. The summed E-state index contributed by atoms with van der Waals surface area (Å²) in [5, 5.41) is 10.1. The van der Waals surface area contributed by atoms with Gasteiger partial charge in [-0.1, -0.05) is 12.1 Å². The fraction of sp³-hybridized carbons (Fsp3) is 0.538. The number of nitrogens with two attached hydrogens (primary N) is 1. The summed E-state index contributed by atoms with van der Waals surface area (Å²) in [5.74, 6) is 0.465. The van der Waals surface area contributed by atoms with Crippen molar-refractivity contribution in [2.45, 2.75) is 38.2 Å². The third-order valence-electron chi connectivity index (χ3n) is 3.75. The molecule has 0 amide bonds. The van der Waals surface area contributed by atoms with Crippen LogP contribution in [-0.4, -0.2) is 5.11 Å². The molecule has 0 heterocycles. The molecular formula is C13H17NO. The second-order valence-electron chi connectivity index (χ2n) is 4.84. The molecule has 1 saturated carbocycles. The third kappa shape index (κ3) is 1.44. The molecule has 1 aromatic carbocycles. The van der Waals surface area contributed by atoms with Crippen LogP contribution in [0.5, 0.6) is 0 Å². The molecule has 0 saturated heterocycles. The lowest BCUT2D eigenvalue weighted by Crippen LogP contribution is -2.06. The molecule has 80 valence electrons. The first-order chi connectivity index (χ1) is 7.27. The van der Waals surface area contributed by atoms with Gasteiger partial charge >= 0.3 is 0 Å². The van der Waals surface area contributed by atoms with Gasteiger partial charge in [-0.05, 0) is 49.1 Å². The molecule has 2 aliphatic carbocycles. The van der Waals surface area contributed by atoms with Crippen molar-refractivity contribution in [3.05, 3.63) is 28.8 Å². The summed E-state index contributed by atoms with van der Waals surface area (Å²) in [7, 11) is 0. The van der Waals surface area contributed by atoms with Crippen molar-refractivity contribution in [3.8, 4) is 0 Å². The Labute approximate surface area is 90.1 Å². The maximum atomic E-state index is 10.1. The predicted octanol–water partition coefficient (Wildman–Crippen LogP) is 2.20. The van der Waals surface area contributed by atoms with Gasteiger partial charge in [0.15, 0.2) is 0 Å². The lowest BCUT2D eigenvalue weighted by Gasteiger charge is -2.15. The zero-order valence-corrected chi connectivity index (χ0v) is 8.87. The van der Waals surface area contributed by atoms with Gasteiger partial charge in [0.05, 0.1) is 6.10 Å². The van der Waals surface area contributed by atoms with Crippen LogP contribution < -0.4 is 5.73 Å². The number of anilines is 1. The van der Waals surface area contributed by atoms with Gasteiger partial charge < -0.3 is 10.8 Å². The van der Waals surface area contributed by atoms with E-state index in [1.165, 1.54) is 17.5 Å². The molecule has 1 fully saturated rings. The molecule has 1 atom stereocenters. The van der Waals surface area contributed by atoms with Crippen molar-refractivity contribution >= 4 is 5.69 Å². The molecule has 3 rings (SSSR count). The van der Waals surface area contributed by atoms with Gasteiger partial charge in [0, 0.05) is 11.3 Å². The van der Waals surface area contributed by atoms with Crippen LogP contribution in [0, 0.1) is 5.92 Å². The van der Waals surface area contributed by atoms with E-state index in [1.807, 2.05) is 6.07 Å². The van der Waals surface area contributed by atoms with Crippen molar-refractivity contribution in [2.24, 2.45) is 5.92 Å². The van der Waals surface area contributed by atoms with E-state index in [1.54, 1.807) is 0 Å². The van der Waals surface area contributed by atoms with E-state index in [9.17, 15) is 5.11 Å². The first-order valence-electron chi connectivity index (χ1n) is 5.85. The molecule has 0 aromatic heterocycles. The summed E-state index contributed by atoms with van der Waals surface area (Å²) in [4.78, 5) is 0. The summed E-state index contributed by atoms with van der Waals surface area (Å²) in [6.07, 6.45) is 5.43. The summed E-state index contributed by atoms with van der Waals surface area (Å²) in [5.41, 5.74) is 10.7. The van der Waals surface area contributed by atoms with Crippen molar-refractivity contribution in [1.29, 1.82) is 0 Å². The number of fused-ring (bicyclic) bond motifs is 1. The number of rotatable bonds is 2. The molecule has 15 heavy (non-hydrogen) atoms. The van der Waals surface area contributed by atoms with Crippen LogP contribution in [-0.2, 0) is 12.8 Å². The Hall–Kier alpha value is -1.02. The van der Waals surface area contributed by atoms with Gasteiger partial charge in [-0.2, -0.15) is 0 Å². The van der Waals surface area contributed by atoms with Crippen LogP contribution >= 0.6 is 0 Å². The van der Waals surface area contributed by atoms with Gasteiger partial charge in [-0.3, -0.25) is 0 Å². The van der Waals surface area contributed by atoms with E-state index in [0.29, 0.717) is 5.92 Å². The van der Waals surface area contributed by atoms with Crippen LogP contribution in [0.2, 0.25) is 0 Å². The highest BCUT2D eigenvalue weighted by molar-refractivity contribution is 5.59. The van der Waals surface area contributed by atoms with E-state index >= 15 is 0 Å². The first kappa shape index (κ1) is 9.22. The highest BCUT2D eigenvalue weighted by Gasteiger charge is 2.32. The van der Waals surface area contributed by atoms with Crippen molar-refractivity contribution < 1.29 is 5.11 Å². The number of hydrogen-bond acceptors (Lipinski definition) is 2. The lowest BCUT2D eigenvalue weighted by molar-refractivity contribution is 0.154. The van der Waals surface area contributed by atoms with Gasteiger partial charge in [0.25, 0.3) is 0 Å². The van der Waals surface area contributed by atoms with Gasteiger partial charge in [0.1, 0.15) is 0 Å². The maximum absolute atomic E-state index is 10.1. The maximum Gasteiger partial charge on any atom is 0.0838 e. The molecule has 0 radical (unpaired) electrons. The Balaban J connectivity index is 2.01. The number of aryl methyl sites for hydroxylation is 1. The topological polar surface area (TPSA) is 46.2 Å². The molecular weight excluding hydrogens is 186 g/mol. The second-order valence-corrected chi connectivity index (χ2v) is 4.84. The number of aliphatic hydroxyl groups is 1. The van der Waals surface area contributed by atoms with Gasteiger partial charge in [0.2, 0.25) is 0 Å². The smallest absolute Gasteiger partial charge is 0.0838 e. The molecule has 1 unspecified atom stereocenters. The fourth-order valence-electron chi connectivity index (χ4n) is 2.64. The molecule has 0 aliphatic heterocycles. The van der Waals surface area contributed by atoms with E-state index < -0.39 is 0 Å². The van der Waals surface area contributed by atoms with E-state index in [2.05, 4.69) is 6.07 Å². The predicted molar refractivity (Wildman–Crippen MR) is 60.6 cm³/mol. The third-order valence-corrected chi connectivity index (χ3v) is 3.75. The average Bonchev–Trinajstić information content (AvgIpc) is 2.97. The molecule has 2 nitrogen and oxygen atoms in total. The largest absolute Gasteiger partial charge is 0.398 e. The number of aliphatic hydroxyl groups excluding tert-OH is 1. The van der Waals surface area contributed by atoms with Crippen LogP contribution in [0.4, 0.5) is 5.69 Å². The Kier molecular flexibility index (Phi) is 1.99. The molecule has 2 aliphatic rings. The van der Waals surface area contributed by atoms with Crippen molar-refractivity contribution in [3.63, 3.8) is 0 Å². The van der Waals surface area contributed by atoms with E-state index in [4.69, 9.17) is 5.73 Å². The van der Waals surface area contributed by atoms with Crippen LogP contribution in [0.15, 0.2) is 12.1 Å². The van der Waals surface area contributed by atoms with Gasteiger partial charge in [-0.15, -0.1) is 0 Å². The summed E-state index contributed by atoms with van der Waals surface area (Å²) >= 11 is 0. The van der Waals surface area contributed by atoms with Crippen LogP contribution in [0.1, 0.15) is 42.1 Å². The minimum absolute atomic E-state index is 0.323. The Morgan fingerprint density at radius 2 is 2.07 bits per heavy atom. The van der Waals surface area contributed by atoms with E-state index in [-0.39, 0.29) is 6.10 Å². The number of nitrogen functional groups attached to an aromatic ring is 1. The molecule has 1 aromatic rings. The van der Waals surface area contributed by atoms with Crippen molar-refractivity contribution in [2.75, 3.05) is 5.73 Å². The lowest BCUT2D eigenvalue weighted by atomic mass is 9.97. The quantitative estimate of drug-likeness (QED) is 0.724. The Bertz CT molecular complexity index is 396. The zero-order chi connectivity index (χ0) is 10.4. The second kappa shape index (κ2) is 3.24. The minimum Gasteiger partial charge on any atom is -0.398 e. The average molecular weight is 203 g/mol. The SMILES string of the molecule is Nc1c(C(O)C2CC2)ccc2c1CCC2. The van der Waals surface area contributed by atoms with Crippen LogP contribution in [0.3, 0.4) is 0 Å². The monoisotopic (exact) mass is 203 g/mol. The minimum atomic E-state index is -0.323. The summed E-state index contributed by atoms with van der Waals surface area (Å²) in [6.45, 7) is 0. The zero-order valence-electron chi connectivity index (χ0n) is 8.87. The van der Waals surface area contributed by atoms with Gasteiger partial charge in [-0.25, -0.2) is 0 Å². The normalized spacial score (nSPS) is 21.4. The fourth-order valence-corrected chi connectivity index (χ4v) is 2.64. The number of hydrogen-bond donors (Lipinski definition) is 2. The molecule has 2 heteroatoms.